The van der Waals surface area contributed by atoms with Crippen molar-refractivity contribution in [1.82, 2.24) is 24.4 Å². The second-order valence-electron chi connectivity index (χ2n) is 5.46. The van der Waals surface area contributed by atoms with Crippen LogP contribution in [0.25, 0.3) is 11.2 Å². The zero-order valence-electron chi connectivity index (χ0n) is 10.9. The fraction of sp³-hybridized carbons (Fsp3) is 0.538. The van der Waals surface area contributed by atoms with Crippen LogP contribution in [0, 0.1) is 5.92 Å². The van der Waals surface area contributed by atoms with Crippen molar-refractivity contribution in [2.75, 3.05) is 13.1 Å². The highest BCUT2D eigenvalue weighted by molar-refractivity contribution is 6.33. The Morgan fingerprint density at radius 2 is 2.05 bits per heavy atom. The number of halogens is 1. The Morgan fingerprint density at radius 1 is 1.25 bits per heavy atom. The van der Waals surface area contributed by atoms with Crippen LogP contribution in [0.2, 0.25) is 5.15 Å². The number of hydrogen-bond donors (Lipinski definition) is 0. The molecular weight excluding hydrogens is 278 g/mol. The molecule has 7 heteroatoms. The van der Waals surface area contributed by atoms with E-state index in [-0.39, 0.29) is 12.0 Å². The summed E-state index contributed by atoms with van der Waals surface area (Å²) >= 11 is 6.00. The Bertz CT molecular complexity index is 676. The summed E-state index contributed by atoms with van der Waals surface area (Å²) in [5.41, 5.74) is 1.29. The summed E-state index contributed by atoms with van der Waals surface area (Å²) in [5, 5.41) is 0.352. The lowest BCUT2D eigenvalue weighted by Crippen LogP contribution is -2.56. The first kappa shape index (κ1) is 12.2. The van der Waals surface area contributed by atoms with Crippen LogP contribution in [0.15, 0.2) is 12.7 Å². The van der Waals surface area contributed by atoms with E-state index in [1.165, 1.54) is 6.33 Å². The van der Waals surface area contributed by atoms with E-state index >= 15 is 0 Å². The van der Waals surface area contributed by atoms with Gasteiger partial charge < -0.3 is 4.57 Å². The van der Waals surface area contributed by atoms with Crippen LogP contribution in [0.4, 0.5) is 0 Å². The van der Waals surface area contributed by atoms with Gasteiger partial charge in [0.15, 0.2) is 16.6 Å². The van der Waals surface area contributed by atoms with E-state index in [1.807, 2.05) is 4.57 Å². The molecule has 1 atom stereocenters. The Kier molecular flexibility index (Phi) is 2.75. The number of carbonyl (C=O) groups is 1. The van der Waals surface area contributed by atoms with Crippen LogP contribution in [0.5, 0.6) is 0 Å². The van der Waals surface area contributed by atoms with E-state index in [9.17, 15) is 4.79 Å². The molecule has 0 N–H and O–H groups in total. The Morgan fingerprint density at radius 3 is 2.80 bits per heavy atom. The number of rotatable bonds is 2. The lowest BCUT2D eigenvalue weighted by atomic mass is 9.82. The molecule has 0 spiro atoms. The molecule has 5 rings (SSSR count). The van der Waals surface area contributed by atoms with E-state index in [1.54, 1.807) is 6.33 Å². The highest BCUT2D eigenvalue weighted by Crippen LogP contribution is 2.30. The highest BCUT2D eigenvalue weighted by Gasteiger charge is 2.41. The Labute approximate surface area is 120 Å². The first-order valence-electron chi connectivity index (χ1n) is 6.83. The molecule has 20 heavy (non-hydrogen) atoms. The summed E-state index contributed by atoms with van der Waals surface area (Å²) in [6.45, 7) is 2.63. The molecule has 0 amide bonds. The summed E-state index contributed by atoms with van der Waals surface area (Å²) < 4.78 is 1.91. The number of piperidine rings is 3. The van der Waals surface area contributed by atoms with E-state index in [2.05, 4.69) is 19.9 Å². The minimum absolute atomic E-state index is 0.0476. The van der Waals surface area contributed by atoms with Gasteiger partial charge >= 0.3 is 0 Å². The SMILES string of the molecule is O=C1C2CCN(CC2)[C@H]1Cn1cnc2c(Cl)ncnc21. The number of fused-ring (bicyclic) bond motifs is 4. The summed E-state index contributed by atoms with van der Waals surface area (Å²) in [5.74, 6) is 0.613. The zero-order chi connectivity index (χ0) is 13.7. The molecule has 104 valence electrons. The maximum absolute atomic E-state index is 12.4. The van der Waals surface area contributed by atoms with Crippen molar-refractivity contribution >= 4 is 28.5 Å². The maximum atomic E-state index is 12.4. The maximum Gasteiger partial charge on any atom is 0.164 e. The first-order valence-corrected chi connectivity index (χ1v) is 7.21. The molecule has 3 aliphatic heterocycles. The average molecular weight is 292 g/mol. The monoisotopic (exact) mass is 291 g/mol. The molecule has 0 saturated carbocycles. The normalized spacial score (nSPS) is 29.2. The van der Waals surface area contributed by atoms with Crippen molar-refractivity contribution in [3.05, 3.63) is 17.8 Å². The summed E-state index contributed by atoms with van der Waals surface area (Å²) in [4.78, 5) is 27.1. The van der Waals surface area contributed by atoms with Gasteiger partial charge in [-0.3, -0.25) is 9.69 Å². The minimum Gasteiger partial charge on any atom is -0.313 e. The molecule has 0 aliphatic carbocycles. The van der Waals surface area contributed by atoms with Crippen LogP contribution >= 0.6 is 11.6 Å². The molecule has 0 aromatic carbocycles. The van der Waals surface area contributed by atoms with E-state index < -0.39 is 0 Å². The number of nitrogens with zero attached hydrogens (tertiary/aromatic N) is 5. The van der Waals surface area contributed by atoms with Crippen molar-refractivity contribution in [3.8, 4) is 0 Å². The third-order valence-corrected chi connectivity index (χ3v) is 4.70. The number of Topliss-reactive ketones (excluding diaryl/α,β-unsaturated/α-hetero) is 1. The van der Waals surface area contributed by atoms with Crippen molar-refractivity contribution in [2.24, 2.45) is 5.92 Å². The largest absolute Gasteiger partial charge is 0.313 e. The number of ketones is 1. The predicted molar refractivity (Wildman–Crippen MR) is 73.4 cm³/mol. The molecule has 2 aromatic rings. The third-order valence-electron chi connectivity index (χ3n) is 4.43. The standard InChI is InChI=1S/C13H14ClN5O/c14-12-10-13(16-6-15-12)19(7-17-10)5-9-11(20)8-1-3-18(9)4-2-8/h6-9H,1-5H2/t9-/m0/s1. The minimum atomic E-state index is -0.0476. The second kappa shape index (κ2) is 4.49. The van der Waals surface area contributed by atoms with Crippen molar-refractivity contribution in [1.29, 1.82) is 0 Å². The van der Waals surface area contributed by atoms with Gasteiger partial charge in [0.05, 0.1) is 12.4 Å². The molecule has 3 aliphatic rings. The van der Waals surface area contributed by atoms with Crippen LogP contribution < -0.4 is 0 Å². The molecule has 0 unspecified atom stereocenters. The smallest absolute Gasteiger partial charge is 0.164 e. The van der Waals surface area contributed by atoms with Crippen LogP contribution in [0.3, 0.4) is 0 Å². The van der Waals surface area contributed by atoms with E-state index in [4.69, 9.17) is 11.6 Å². The molecule has 0 radical (unpaired) electrons. The van der Waals surface area contributed by atoms with Crippen molar-refractivity contribution in [2.45, 2.75) is 25.4 Å². The van der Waals surface area contributed by atoms with Gasteiger partial charge in [0.1, 0.15) is 11.8 Å². The second-order valence-corrected chi connectivity index (χ2v) is 5.82. The Hall–Kier alpha value is -1.53. The first-order chi connectivity index (χ1) is 9.74. The van der Waals surface area contributed by atoms with Gasteiger partial charge in [0.2, 0.25) is 0 Å². The van der Waals surface area contributed by atoms with Gasteiger partial charge in [-0.1, -0.05) is 11.6 Å². The van der Waals surface area contributed by atoms with Crippen LogP contribution in [0.1, 0.15) is 12.8 Å². The van der Waals surface area contributed by atoms with Crippen LogP contribution in [-0.4, -0.2) is 49.3 Å². The summed E-state index contributed by atoms with van der Waals surface area (Å²) in [6, 6.07) is -0.0476. The lowest BCUT2D eigenvalue weighted by Gasteiger charge is -2.44. The lowest BCUT2D eigenvalue weighted by molar-refractivity contribution is -0.137. The van der Waals surface area contributed by atoms with Gasteiger partial charge in [0, 0.05) is 12.5 Å². The van der Waals surface area contributed by atoms with E-state index in [0.29, 0.717) is 28.6 Å². The number of carbonyl (C=O) groups excluding carboxylic acids is 1. The molecule has 6 nitrogen and oxygen atoms in total. The number of imidazole rings is 1. The van der Waals surface area contributed by atoms with Gasteiger partial charge in [-0.25, -0.2) is 15.0 Å². The van der Waals surface area contributed by atoms with Gasteiger partial charge in [0.25, 0.3) is 0 Å². The molecule has 3 saturated heterocycles. The molecular formula is C13H14ClN5O. The van der Waals surface area contributed by atoms with Crippen LogP contribution in [-0.2, 0) is 11.3 Å². The summed E-state index contributed by atoms with van der Waals surface area (Å²) in [6.07, 6.45) is 5.14. The summed E-state index contributed by atoms with van der Waals surface area (Å²) in [7, 11) is 0. The predicted octanol–water partition coefficient (Wildman–Crippen LogP) is 1.14. The zero-order valence-corrected chi connectivity index (χ0v) is 11.6. The number of aromatic nitrogens is 4. The fourth-order valence-corrected chi connectivity index (χ4v) is 3.50. The molecule has 2 aromatic heterocycles. The van der Waals surface area contributed by atoms with Gasteiger partial charge in [-0.05, 0) is 25.9 Å². The van der Waals surface area contributed by atoms with Gasteiger partial charge in [-0.15, -0.1) is 0 Å². The quantitative estimate of drug-likeness (QED) is 0.777. The van der Waals surface area contributed by atoms with Crippen molar-refractivity contribution in [3.63, 3.8) is 0 Å². The fourth-order valence-electron chi connectivity index (χ4n) is 3.33. The average Bonchev–Trinajstić information content (AvgIpc) is 2.88. The van der Waals surface area contributed by atoms with Crippen molar-refractivity contribution < 1.29 is 4.79 Å². The molecule has 5 heterocycles. The Balaban J connectivity index is 1.68. The highest BCUT2D eigenvalue weighted by atomic mass is 35.5. The molecule has 2 bridgehead atoms. The number of hydrogen-bond acceptors (Lipinski definition) is 5. The van der Waals surface area contributed by atoms with E-state index in [0.717, 1.165) is 25.9 Å². The topological polar surface area (TPSA) is 63.9 Å². The molecule has 3 fully saturated rings. The van der Waals surface area contributed by atoms with Gasteiger partial charge in [-0.2, -0.15) is 0 Å². The third kappa shape index (κ3) is 1.75.